The van der Waals surface area contributed by atoms with Crippen LogP contribution in [0.4, 0.5) is 5.69 Å². The molecule has 0 aliphatic carbocycles. The summed E-state index contributed by atoms with van der Waals surface area (Å²) in [5.74, 6) is 0.626. The molecule has 0 saturated carbocycles. The second-order valence-electron chi connectivity index (χ2n) is 2.83. The van der Waals surface area contributed by atoms with Gasteiger partial charge in [0, 0.05) is 18.3 Å². The zero-order valence-corrected chi connectivity index (χ0v) is 10.2. The van der Waals surface area contributed by atoms with Crippen LogP contribution in [0.1, 0.15) is 6.92 Å². The van der Waals surface area contributed by atoms with Crippen molar-refractivity contribution in [3.63, 3.8) is 0 Å². The Balaban J connectivity index is 2.74. The van der Waals surface area contributed by atoms with Gasteiger partial charge in [-0.15, -0.1) is 0 Å². The lowest BCUT2D eigenvalue weighted by molar-refractivity contribution is 0.415. The highest BCUT2D eigenvalue weighted by Gasteiger charge is 2.02. The summed E-state index contributed by atoms with van der Waals surface area (Å²) in [5, 5.41) is 7.19. The molecule has 1 aromatic rings. The molecule has 3 nitrogen and oxygen atoms in total. The quantitative estimate of drug-likeness (QED) is 0.801. The van der Waals surface area contributed by atoms with Crippen molar-refractivity contribution in [2.45, 2.75) is 6.92 Å². The fraction of sp³-hybridized carbons (Fsp3) is 0.300. The molecule has 82 valence electrons. The summed E-state index contributed by atoms with van der Waals surface area (Å²) in [6.07, 6.45) is 0. The Hall–Kier alpha value is -1.00. The molecule has 0 saturated heterocycles. The van der Waals surface area contributed by atoms with Crippen molar-refractivity contribution in [1.29, 1.82) is 0 Å². The average Bonchev–Trinajstić information content (AvgIpc) is 2.21. The first kappa shape index (κ1) is 12.1. The molecular weight excluding hydrogens is 232 g/mol. The Bertz CT molecular complexity index is 357. The topological polar surface area (TPSA) is 33.3 Å². The van der Waals surface area contributed by atoms with E-state index in [0.29, 0.717) is 15.9 Å². The summed E-state index contributed by atoms with van der Waals surface area (Å²) in [6.45, 7) is 2.77. The van der Waals surface area contributed by atoms with Gasteiger partial charge in [0.2, 0.25) is 0 Å². The largest absolute Gasteiger partial charge is 0.495 e. The third-order valence-electron chi connectivity index (χ3n) is 1.75. The van der Waals surface area contributed by atoms with E-state index in [1.165, 1.54) is 0 Å². The maximum absolute atomic E-state index is 5.89. The van der Waals surface area contributed by atoms with Gasteiger partial charge in [0.05, 0.1) is 12.1 Å². The first-order chi connectivity index (χ1) is 7.17. The van der Waals surface area contributed by atoms with E-state index < -0.39 is 0 Å². The highest BCUT2D eigenvalue weighted by atomic mass is 35.5. The molecule has 0 aliphatic heterocycles. The fourth-order valence-corrected chi connectivity index (χ4v) is 1.53. The summed E-state index contributed by atoms with van der Waals surface area (Å²) in [5.41, 5.74) is 0.849. The third kappa shape index (κ3) is 3.57. The number of halogens is 1. The van der Waals surface area contributed by atoms with Gasteiger partial charge in [-0.25, -0.2) is 0 Å². The van der Waals surface area contributed by atoms with Gasteiger partial charge in [0.1, 0.15) is 5.75 Å². The second-order valence-corrected chi connectivity index (χ2v) is 3.65. The molecule has 0 aromatic heterocycles. The van der Waals surface area contributed by atoms with Gasteiger partial charge in [-0.2, -0.15) is 0 Å². The normalized spacial score (nSPS) is 9.53. The summed E-state index contributed by atoms with van der Waals surface area (Å²) < 4.78 is 5.09. The molecule has 0 atom stereocenters. The lowest BCUT2D eigenvalue weighted by Crippen LogP contribution is -2.27. The summed E-state index contributed by atoms with van der Waals surface area (Å²) in [4.78, 5) is 0. The SMILES string of the molecule is CCNC(=S)Nc1ccc(Cl)c(OC)c1. The van der Waals surface area contributed by atoms with Crippen LogP contribution in [0.25, 0.3) is 0 Å². The average molecular weight is 245 g/mol. The van der Waals surface area contributed by atoms with E-state index in [9.17, 15) is 0 Å². The Morgan fingerprint density at radius 2 is 2.27 bits per heavy atom. The Kier molecular flexibility index (Phi) is 4.65. The standard InChI is InChI=1S/C10H13ClN2OS/c1-3-12-10(15)13-7-4-5-8(11)9(6-7)14-2/h4-6H,3H2,1-2H3,(H2,12,13,15). The highest BCUT2D eigenvalue weighted by Crippen LogP contribution is 2.27. The number of hydrogen-bond acceptors (Lipinski definition) is 2. The highest BCUT2D eigenvalue weighted by molar-refractivity contribution is 7.80. The second kappa shape index (κ2) is 5.78. The number of nitrogens with one attached hydrogen (secondary N) is 2. The van der Waals surface area contributed by atoms with Crippen molar-refractivity contribution < 1.29 is 4.74 Å². The number of benzene rings is 1. The molecule has 0 unspecified atom stereocenters. The van der Waals surface area contributed by atoms with Gasteiger partial charge >= 0.3 is 0 Å². The number of hydrogen-bond donors (Lipinski definition) is 2. The molecular formula is C10H13ClN2OS. The predicted molar refractivity (Wildman–Crippen MR) is 67.9 cm³/mol. The molecule has 0 fully saturated rings. The van der Waals surface area contributed by atoms with Crippen molar-refractivity contribution in [2.24, 2.45) is 0 Å². The Labute approximate surface area is 99.8 Å². The number of anilines is 1. The molecule has 2 N–H and O–H groups in total. The predicted octanol–water partition coefficient (Wildman–Crippen LogP) is 2.65. The van der Waals surface area contributed by atoms with Crippen LogP contribution in [-0.4, -0.2) is 18.8 Å². The van der Waals surface area contributed by atoms with Gasteiger partial charge in [0.15, 0.2) is 5.11 Å². The van der Waals surface area contributed by atoms with E-state index in [1.807, 2.05) is 13.0 Å². The molecule has 0 aliphatic rings. The van der Waals surface area contributed by atoms with Crippen LogP contribution in [0.15, 0.2) is 18.2 Å². The van der Waals surface area contributed by atoms with E-state index in [1.54, 1.807) is 19.2 Å². The van der Waals surface area contributed by atoms with Gasteiger partial charge in [-0.05, 0) is 31.3 Å². The monoisotopic (exact) mass is 244 g/mol. The Morgan fingerprint density at radius 1 is 1.53 bits per heavy atom. The van der Waals surface area contributed by atoms with Crippen molar-refractivity contribution in [1.82, 2.24) is 5.32 Å². The van der Waals surface area contributed by atoms with Gasteiger partial charge in [-0.3, -0.25) is 0 Å². The van der Waals surface area contributed by atoms with Gasteiger partial charge in [0.25, 0.3) is 0 Å². The minimum Gasteiger partial charge on any atom is -0.495 e. The smallest absolute Gasteiger partial charge is 0.170 e. The lowest BCUT2D eigenvalue weighted by atomic mass is 10.3. The number of rotatable bonds is 3. The molecule has 1 aromatic carbocycles. The number of methoxy groups -OCH3 is 1. The van der Waals surface area contributed by atoms with Crippen LogP contribution in [-0.2, 0) is 0 Å². The Morgan fingerprint density at radius 3 is 2.87 bits per heavy atom. The van der Waals surface area contributed by atoms with E-state index >= 15 is 0 Å². The van der Waals surface area contributed by atoms with Crippen molar-refractivity contribution >= 4 is 34.6 Å². The van der Waals surface area contributed by atoms with Crippen molar-refractivity contribution in [3.05, 3.63) is 23.2 Å². The lowest BCUT2D eigenvalue weighted by Gasteiger charge is -2.10. The van der Waals surface area contributed by atoms with Crippen LogP contribution < -0.4 is 15.4 Å². The molecule has 0 amide bonds. The van der Waals surface area contributed by atoms with Crippen LogP contribution in [0.5, 0.6) is 5.75 Å². The summed E-state index contributed by atoms with van der Waals surface area (Å²) in [6, 6.07) is 5.40. The fourth-order valence-electron chi connectivity index (χ4n) is 1.07. The zero-order chi connectivity index (χ0) is 11.3. The van der Waals surface area contributed by atoms with E-state index in [-0.39, 0.29) is 0 Å². The minimum absolute atomic E-state index is 0.581. The maximum Gasteiger partial charge on any atom is 0.170 e. The van der Waals surface area contributed by atoms with Crippen LogP contribution in [0, 0.1) is 0 Å². The van der Waals surface area contributed by atoms with Crippen molar-refractivity contribution in [3.8, 4) is 5.75 Å². The van der Waals surface area contributed by atoms with Crippen molar-refractivity contribution in [2.75, 3.05) is 19.0 Å². The van der Waals surface area contributed by atoms with E-state index in [2.05, 4.69) is 10.6 Å². The summed E-state index contributed by atoms with van der Waals surface area (Å²) in [7, 11) is 1.58. The maximum atomic E-state index is 5.89. The molecule has 5 heteroatoms. The van der Waals surface area contributed by atoms with Gasteiger partial charge < -0.3 is 15.4 Å². The minimum atomic E-state index is 0.581. The molecule has 15 heavy (non-hydrogen) atoms. The molecule has 0 heterocycles. The number of thiocarbonyl (C=S) groups is 1. The van der Waals surface area contributed by atoms with Crippen LogP contribution >= 0.6 is 23.8 Å². The number of ether oxygens (including phenoxy) is 1. The third-order valence-corrected chi connectivity index (χ3v) is 2.30. The first-order valence-electron chi connectivity index (χ1n) is 4.55. The van der Waals surface area contributed by atoms with Gasteiger partial charge in [-0.1, -0.05) is 11.6 Å². The molecule has 0 radical (unpaired) electrons. The zero-order valence-electron chi connectivity index (χ0n) is 8.63. The van der Waals surface area contributed by atoms with Crippen LogP contribution in [0.2, 0.25) is 5.02 Å². The first-order valence-corrected chi connectivity index (χ1v) is 5.34. The molecule has 0 bridgehead atoms. The molecule has 1 rings (SSSR count). The van der Waals surface area contributed by atoms with E-state index in [4.69, 9.17) is 28.6 Å². The van der Waals surface area contributed by atoms with E-state index in [0.717, 1.165) is 12.2 Å². The van der Waals surface area contributed by atoms with Crippen LogP contribution in [0.3, 0.4) is 0 Å². The molecule has 0 spiro atoms. The summed E-state index contributed by atoms with van der Waals surface area (Å²) >= 11 is 10.9.